The smallest absolute Gasteiger partial charge is 0.280 e. The van der Waals surface area contributed by atoms with E-state index in [0.717, 1.165) is 29.1 Å². The molecule has 0 radical (unpaired) electrons. The van der Waals surface area contributed by atoms with Gasteiger partial charge in [0.25, 0.3) is 11.8 Å². The van der Waals surface area contributed by atoms with Gasteiger partial charge in [0.2, 0.25) is 0 Å². The molecule has 0 fully saturated rings. The molecule has 2 heterocycles. The summed E-state index contributed by atoms with van der Waals surface area (Å²) in [4.78, 5) is 28.5. The van der Waals surface area contributed by atoms with Crippen LogP contribution in [0.4, 0.5) is 5.69 Å². The van der Waals surface area contributed by atoms with Gasteiger partial charge in [0.1, 0.15) is 5.76 Å². The number of anilines is 1. The number of carbonyl (C=O) groups is 2. The molecule has 3 aromatic rings. The Morgan fingerprint density at radius 3 is 2.63 bits per heavy atom. The summed E-state index contributed by atoms with van der Waals surface area (Å²) in [7, 11) is 0. The second kappa shape index (κ2) is 8.79. The Hall–Kier alpha value is -3.00. The lowest BCUT2D eigenvalue weighted by Gasteiger charge is -2.33. The number of rotatable bonds is 7. The molecule has 0 aliphatic rings. The highest BCUT2D eigenvalue weighted by Crippen LogP contribution is 2.33. The van der Waals surface area contributed by atoms with Crippen molar-refractivity contribution in [2.75, 3.05) is 4.90 Å². The van der Waals surface area contributed by atoms with E-state index < -0.39 is 17.5 Å². The third kappa shape index (κ3) is 4.59. The topological polar surface area (TPSA) is 88.3 Å². The van der Waals surface area contributed by atoms with Gasteiger partial charge in [0.15, 0.2) is 11.7 Å². The lowest BCUT2D eigenvalue weighted by Crippen LogP contribution is -2.50. The van der Waals surface area contributed by atoms with Gasteiger partial charge in [0.05, 0.1) is 6.26 Å². The summed E-state index contributed by atoms with van der Waals surface area (Å²) in [5.41, 5.74) is 2.19. The van der Waals surface area contributed by atoms with Gasteiger partial charge in [-0.1, -0.05) is 23.5 Å². The standard InChI is InChI=1S/C22H26N4O3S/c1-6-22(4,5)23-20(27)19(18-8-7-11-29-18)26(21(28)16-13-30-25-24-16)17-12-14(2)9-10-15(17)3/h7-13,19H,6H2,1-5H3,(H,23,27)/t19-/m1/s1. The van der Waals surface area contributed by atoms with Crippen LogP contribution >= 0.6 is 11.5 Å². The molecule has 0 bridgehead atoms. The number of amides is 2. The van der Waals surface area contributed by atoms with E-state index in [1.165, 1.54) is 11.2 Å². The van der Waals surface area contributed by atoms with Crippen molar-refractivity contribution in [3.05, 3.63) is 64.6 Å². The molecule has 0 saturated carbocycles. The summed E-state index contributed by atoms with van der Waals surface area (Å²) in [6, 6.07) is 8.19. The van der Waals surface area contributed by atoms with Crippen LogP contribution in [0, 0.1) is 13.8 Å². The minimum absolute atomic E-state index is 0.181. The first-order chi connectivity index (χ1) is 14.2. The second-order valence-electron chi connectivity index (χ2n) is 7.90. The van der Waals surface area contributed by atoms with Crippen LogP contribution in [0.2, 0.25) is 0 Å². The Bertz CT molecular complexity index is 1010. The number of nitrogens with zero attached hydrogens (tertiary/aromatic N) is 3. The first-order valence-electron chi connectivity index (χ1n) is 9.77. The fourth-order valence-corrected chi connectivity index (χ4v) is 3.47. The Kier molecular flexibility index (Phi) is 6.36. The highest BCUT2D eigenvalue weighted by Gasteiger charge is 2.38. The maximum Gasteiger partial charge on any atom is 0.280 e. The van der Waals surface area contributed by atoms with Crippen LogP contribution in [0.5, 0.6) is 0 Å². The highest BCUT2D eigenvalue weighted by atomic mass is 32.1. The lowest BCUT2D eigenvalue weighted by molar-refractivity contribution is -0.124. The zero-order valence-corrected chi connectivity index (χ0v) is 18.6. The zero-order valence-electron chi connectivity index (χ0n) is 17.8. The third-order valence-electron chi connectivity index (χ3n) is 5.09. The average Bonchev–Trinajstić information content (AvgIpc) is 3.41. The molecule has 0 spiro atoms. The monoisotopic (exact) mass is 426 g/mol. The van der Waals surface area contributed by atoms with Crippen molar-refractivity contribution in [3.8, 4) is 0 Å². The lowest BCUT2D eigenvalue weighted by atomic mass is 10.00. The van der Waals surface area contributed by atoms with Crippen LogP contribution in [-0.4, -0.2) is 26.9 Å². The number of carbonyl (C=O) groups excluding carboxylic acids is 2. The summed E-state index contributed by atoms with van der Waals surface area (Å²) >= 11 is 1.09. The van der Waals surface area contributed by atoms with Crippen LogP contribution in [0.3, 0.4) is 0 Å². The van der Waals surface area contributed by atoms with E-state index in [-0.39, 0.29) is 11.6 Å². The molecule has 30 heavy (non-hydrogen) atoms. The minimum Gasteiger partial charge on any atom is -0.467 e. The summed E-state index contributed by atoms with van der Waals surface area (Å²) in [6.45, 7) is 9.73. The molecule has 0 aliphatic carbocycles. The average molecular weight is 427 g/mol. The van der Waals surface area contributed by atoms with E-state index in [1.807, 2.05) is 52.8 Å². The normalized spacial score (nSPS) is 12.4. The largest absolute Gasteiger partial charge is 0.467 e. The van der Waals surface area contributed by atoms with Gasteiger partial charge < -0.3 is 9.73 Å². The van der Waals surface area contributed by atoms with Gasteiger partial charge in [-0.2, -0.15) is 0 Å². The van der Waals surface area contributed by atoms with Crippen LogP contribution in [0.1, 0.15) is 60.6 Å². The van der Waals surface area contributed by atoms with E-state index >= 15 is 0 Å². The van der Waals surface area contributed by atoms with E-state index in [1.54, 1.807) is 17.5 Å². The van der Waals surface area contributed by atoms with Gasteiger partial charge in [-0.25, -0.2) is 0 Å². The summed E-state index contributed by atoms with van der Waals surface area (Å²) in [5.74, 6) is -0.366. The molecule has 7 nitrogen and oxygen atoms in total. The van der Waals surface area contributed by atoms with E-state index in [0.29, 0.717) is 11.4 Å². The number of aromatic nitrogens is 2. The SMILES string of the molecule is CCC(C)(C)NC(=O)[C@@H](c1ccco1)N(C(=O)c1csnn1)c1cc(C)ccc1C. The van der Waals surface area contributed by atoms with Gasteiger partial charge in [-0.15, -0.1) is 5.10 Å². The van der Waals surface area contributed by atoms with Gasteiger partial charge in [0, 0.05) is 16.6 Å². The van der Waals surface area contributed by atoms with Crippen LogP contribution < -0.4 is 10.2 Å². The molecular weight excluding hydrogens is 400 g/mol. The molecule has 158 valence electrons. The van der Waals surface area contributed by atoms with Crippen molar-refractivity contribution in [2.45, 2.75) is 52.6 Å². The van der Waals surface area contributed by atoms with Gasteiger partial charge in [-0.05, 0) is 75.0 Å². The fourth-order valence-electron chi connectivity index (χ4n) is 3.04. The molecule has 8 heteroatoms. The van der Waals surface area contributed by atoms with Crippen LogP contribution in [0.25, 0.3) is 0 Å². The van der Waals surface area contributed by atoms with Crippen LogP contribution in [-0.2, 0) is 4.79 Å². The summed E-state index contributed by atoms with van der Waals surface area (Å²) < 4.78 is 9.44. The molecule has 0 saturated heterocycles. The van der Waals surface area contributed by atoms with E-state index in [9.17, 15) is 9.59 Å². The predicted octanol–water partition coefficient (Wildman–Crippen LogP) is 4.44. The Labute approximate surface area is 180 Å². The Balaban J connectivity index is 2.17. The second-order valence-corrected chi connectivity index (χ2v) is 8.51. The van der Waals surface area contributed by atoms with E-state index in [2.05, 4.69) is 14.9 Å². The van der Waals surface area contributed by atoms with Crippen LogP contribution in [0.15, 0.2) is 46.4 Å². The summed E-state index contributed by atoms with van der Waals surface area (Å²) in [5, 5.41) is 8.57. The molecule has 0 aliphatic heterocycles. The molecule has 3 rings (SSSR count). The maximum absolute atomic E-state index is 13.6. The summed E-state index contributed by atoms with van der Waals surface area (Å²) in [6.07, 6.45) is 2.23. The van der Waals surface area contributed by atoms with Gasteiger partial charge >= 0.3 is 0 Å². The Morgan fingerprint density at radius 1 is 1.27 bits per heavy atom. The molecule has 1 N–H and O–H groups in total. The van der Waals surface area contributed by atoms with Crippen molar-refractivity contribution in [1.29, 1.82) is 0 Å². The number of hydrogen-bond donors (Lipinski definition) is 1. The number of nitrogens with one attached hydrogen (secondary N) is 1. The number of aryl methyl sites for hydroxylation is 2. The first-order valence-corrected chi connectivity index (χ1v) is 10.6. The molecule has 1 atom stereocenters. The Morgan fingerprint density at radius 2 is 2.03 bits per heavy atom. The van der Waals surface area contributed by atoms with Crippen molar-refractivity contribution in [2.24, 2.45) is 0 Å². The zero-order chi connectivity index (χ0) is 21.9. The maximum atomic E-state index is 13.6. The molecule has 2 amide bonds. The molecular formula is C22H26N4O3S. The molecule has 0 unspecified atom stereocenters. The highest BCUT2D eigenvalue weighted by molar-refractivity contribution is 7.03. The number of furan rings is 1. The van der Waals surface area contributed by atoms with Crippen molar-refractivity contribution < 1.29 is 14.0 Å². The first kappa shape index (κ1) is 21.7. The van der Waals surface area contributed by atoms with Crippen molar-refractivity contribution in [3.63, 3.8) is 0 Å². The minimum atomic E-state index is -1.000. The third-order valence-corrected chi connectivity index (χ3v) is 5.59. The molecule has 2 aromatic heterocycles. The number of hydrogen-bond acceptors (Lipinski definition) is 6. The molecule has 1 aromatic carbocycles. The van der Waals surface area contributed by atoms with Crippen molar-refractivity contribution >= 4 is 29.0 Å². The van der Waals surface area contributed by atoms with E-state index in [4.69, 9.17) is 4.42 Å². The van der Waals surface area contributed by atoms with Gasteiger partial charge in [-0.3, -0.25) is 14.5 Å². The fraction of sp³-hybridized carbons (Fsp3) is 0.364. The quantitative estimate of drug-likeness (QED) is 0.603. The van der Waals surface area contributed by atoms with Crippen molar-refractivity contribution in [1.82, 2.24) is 14.9 Å². The predicted molar refractivity (Wildman–Crippen MR) is 117 cm³/mol. The number of benzene rings is 1.